The lowest BCUT2D eigenvalue weighted by Crippen LogP contribution is -2.14. The Bertz CT molecular complexity index is 735. The van der Waals surface area contributed by atoms with E-state index in [1.807, 2.05) is 18.9 Å². The van der Waals surface area contributed by atoms with Crippen LogP contribution in [0.3, 0.4) is 0 Å². The molecule has 0 saturated carbocycles. The van der Waals surface area contributed by atoms with Crippen molar-refractivity contribution in [1.82, 2.24) is 4.90 Å². The third-order valence-corrected chi connectivity index (χ3v) is 4.05. The van der Waals surface area contributed by atoms with Crippen LogP contribution in [0.2, 0.25) is 15.1 Å². The van der Waals surface area contributed by atoms with Crippen molar-refractivity contribution in [3.8, 4) is 0 Å². The molecule has 2 rings (SSSR count). The summed E-state index contributed by atoms with van der Waals surface area (Å²) >= 11 is 18.1. The second kappa shape index (κ2) is 7.86. The molecule has 2 aromatic carbocycles. The van der Waals surface area contributed by atoms with Gasteiger partial charge in [0.05, 0.1) is 32.8 Å². The number of rotatable bonds is 5. The molecule has 0 heterocycles. The predicted octanol–water partition coefficient (Wildman–Crippen LogP) is 6.14. The van der Waals surface area contributed by atoms with E-state index in [0.717, 1.165) is 6.54 Å². The summed E-state index contributed by atoms with van der Waals surface area (Å²) in [4.78, 5) is 6.20. The first-order chi connectivity index (χ1) is 10.9. The van der Waals surface area contributed by atoms with Crippen LogP contribution in [-0.4, -0.2) is 24.8 Å². The molecule has 0 aliphatic rings. The van der Waals surface area contributed by atoms with Gasteiger partial charge in [0.15, 0.2) is 0 Å². The SMILES string of the molecule is CCN(C)C=Nc1cc(Cl)c(Nc2ccc(Cl)c(F)c2)cc1Cl. The fraction of sp³-hybridized carbons (Fsp3) is 0.188. The van der Waals surface area contributed by atoms with Crippen LogP contribution in [0.1, 0.15) is 6.92 Å². The molecular formula is C16H15Cl3FN3. The summed E-state index contributed by atoms with van der Waals surface area (Å²) in [6, 6.07) is 7.70. The van der Waals surface area contributed by atoms with Crippen LogP contribution < -0.4 is 5.32 Å². The first kappa shape index (κ1) is 17.9. The van der Waals surface area contributed by atoms with E-state index in [-0.39, 0.29) is 5.02 Å². The quantitative estimate of drug-likeness (QED) is 0.502. The second-order valence-corrected chi connectivity index (χ2v) is 6.08. The Labute approximate surface area is 149 Å². The minimum absolute atomic E-state index is 0.0596. The van der Waals surface area contributed by atoms with E-state index >= 15 is 0 Å². The molecule has 3 nitrogen and oxygen atoms in total. The van der Waals surface area contributed by atoms with E-state index in [2.05, 4.69) is 10.3 Å². The monoisotopic (exact) mass is 373 g/mol. The van der Waals surface area contributed by atoms with Gasteiger partial charge in [0.25, 0.3) is 0 Å². The lowest BCUT2D eigenvalue weighted by Gasteiger charge is -2.12. The Morgan fingerprint density at radius 2 is 1.87 bits per heavy atom. The third-order valence-electron chi connectivity index (χ3n) is 3.13. The highest BCUT2D eigenvalue weighted by atomic mass is 35.5. The van der Waals surface area contributed by atoms with Gasteiger partial charge in [-0.1, -0.05) is 34.8 Å². The van der Waals surface area contributed by atoms with Gasteiger partial charge in [-0.15, -0.1) is 0 Å². The zero-order valence-electron chi connectivity index (χ0n) is 12.6. The minimum Gasteiger partial charge on any atom is -0.366 e. The second-order valence-electron chi connectivity index (χ2n) is 4.86. The van der Waals surface area contributed by atoms with Crippen LogP contribution in [-0.2, 0) is 0 Å². The average molecular weight is 375 g/mol. The third kappa shape index (κ3) is 4.74. The Morgan fingerprint density at radius 1 is 1.13 bits per heavy atom. The molecule has 23 heavy (non-hydrogen) atoms. The summed E-state index contributed by atoms with van der Waals surface area (Å²) in [7, 11) is 1.91. The number of nitrogens with zero attached hydrogens (tertiary/aromatic N) is 2. The number of benzene rings is 2. The molecular weight excluding hydrogens is 360 g/mol. The zero-order valence-corrected chi connectivity index (χ0v) is 14.8. The molecule has 0 amide bonds. The van der Waals surface area contributed by atoms with Crippen molar-refractivity contribution >= 4 is 58.2 Å². The van der Waals surface area contributed by atoms with Crippen molar-refractivity contribution in [2.75, 3.05) is 18.9 Å². The standard InChI is InChI=1S/C16H15Cl3FN3/c1-3-23(2)9-21-15-7-13(19)16(8-12(15)18)22-10-4-5-11(17)14(20)6-10/h4-9,22H,3H2,1-2H3. The van der Waals surface area contributed by atoms with Gasteiger partial charge in [0.2, 0.25) is 0 Å². The van der Waals surface area contributed by atoms with Gasteiger partial charge in [-0.25, -0.2) is 9.38 Å². The van der Waals surface area contributed by atoms with Crippen molar-refractivity contribution in [2.24, 2.45) is 4.99 Å². The maximum atomic E-state index is 13.5. The Kier molecular flexibility index (Phi) is 6.10. The summed E-state index contributed by atoms with van der Waals surface area (Å²) in [6.07, 6.45) is 1.68. The molecule has 0 unspecified atom stereocenters. The number of hydrogen-bond donors (Lipinski definition) is 1. The molecule has 0 atom stereocenters. The molecule has 122 valence electrons. The van der Waals surface area contributed by atoms with Crippen LogP contribution in [0.4, 0.5) is 21.5 Å². The number of aliphatic imine (C=N–C) groups is 1. The lowest BCUT2D eigenvalue weighted by atomic mass is 10.2. The molecule has 0 aliphatic heterocycles. The van der Waals surface area contributed by atoms with E-state index < -0.39 is 5.82 Å². The van der Waals surface area contributed by atoms with Gasteiger partial charge in [-0.3, -0.25) is 0 Å². The normalized spacial score (nSPS) is 11.0. The predicted molar refractivity (Wildman–Crippen MR) is 97.6 cm³/mol. The van der Waals surface area contributed by atoms with E-state index in [0.29, 0.717) is 27.1 Å². The van der Waals surface area contributed by atoms with Crippen molar-refractivity contribution in [1.29, 1.82) is 0 Å². The van der Waals surface area contributed by atoms with E-state index in [9.17, 15) is 4.39 Å². The topological polar surface area (TPSA) is 27.6 Å². The summed E-state index contributed by atoms with van der Waals surface area (Å²) < 4.78 is 13.5. The summed E-state index contributed by atoms with van der Waals surface area (Å²) in [5, 5.41) is 3.93. The molecule has 0 bridgehead atoms. The Hall–Kier alpha value is -1.49. The average Bonchev–Trinajstić information content (AvgIpc) is 2.52. The van der Waals surface area contributed by atoms with E-state index in [1.165, 1.54) is 12.1 Å². The molecule has 0 aromatic heterocycles. The van der Waals surface area contributed by atoms with Crippen LogP contribution in [0, 0.1) is 5.82 Å². The lowest BCUT2D eigenvalue weighted by molar-refractivity contribution is 0.552. The highest BCUT2D eigenvalue weighted by molar-refractivity contribution is 6.37. The van der Waals surface area contributed by atoms with Gasteiger partial charge in [0, 0.05) is 19.3 Å². The smallest absolute Gasteiger partial charge is 0.143 e. The van der Waals surface area contributed by atoms with Gasteiger partial charge in [-0.2, -0.15) is 0 Å². The maximum absolute atomic E-state index is 13.5. The number of anilines is 2. The van der Waals surface area contributed by atoms with Gasteiger partial charge >= 0.3 is 0 Å². The van der Waals surface area contributed by atoms with Crippen LogP contribution in [0.5, 0.6) is 0 Å². The van der Waals surface area contributed by atoms with Gasteiger partial charge in [-0.05, 0) is 37.3 Å². The van der Waals surface area contributed by atoms with Crippen molar-refractivity contribution in [3.05, 3.63) is 51.2 Å². The molecule has 1 N–H and O–H groups in total. The number of nitrogens with one attached hydrogen (secondary N) is 1. The highest BCUT2D eigenvalue weighted by Crippen LogP contribution is 2.36. The van der Waals surface area contributed by atoms with Crippen molar-refractivity contribution in [3.63, 3.8) is 0 Å². The van der Waals surface area contributed by atoms with Crippen LogP contribution >= 0.6 is 34.8 Å². The maximum Gasteiger partial charge on any atom is 0.143 e. The first-order valence-corrected chi connectivity index (χ1v) is 7.99. The van der Waals surface area contributed by atoms with Crippen molar-refractivity contribution < 1.29 is 4.39 Å². The Balaban J connectivity index is 2.25. The Morgan fingerprint density at radius 3 is 2.52 bits per heavy atom. The van der Waals surface area contributed by atoms with Crippen LogP contribution in [0.15, 0.2) is 35.3 Å². The van der Waals surface area contributed by atoms with Gasteiger partial charge in [0.1, 0.15) is 5.82 Å². The van der Waals surface area contributed by atoms with Crippen molar-refractivity contribution in [2.45, 2.75) is 6.92 Å². The van der Waals surface area contributed by atoms with E-state index in [4.69, 9.17) is 34.8 Å². The van der Waals surface area contributed by atoms with Gasteiger partial charge < -0.3 is 10.2 Å². The highest BCUT2D eigenvalue weighted by Gasteiger charge is 2.08. The molecule has 0 saturated heterocycles. The number of halogens is 4. The molecule has 0 spiro atoms. The fourth-order valence-corrected chi connectivity index (χ4v) is 2.24. The molecule has 2 aromatic rings. The molecule has 0 fully saturated rings. The first-order valence-electron chi connectivity index (χ1n) is 6.86. The molecule has 0 aliphatic carbocycles. The fourth-order valence-electron chi connectivity index (χ4n) is 1.70. The number of hydrogen-bond acceptors (Lipinski definition) is 2. The minimum atomic E-state index is -0.511. The summed E-state index contributed by atoms with van der Waals surface area (Å²) in [5.74, 6) is -0.511. The molecule has 0 radical (unpaired) electrons. The van der Waals surface area contributed by atoms with E-state index in [1.54, 1.807) is 24.5 Å². The summed E-state index contributed by atoms with van der Waals surface area (Å²) in [6.45, 7) is 2.84. The molecule has 7 heteroatoms. The zero-order chi connectivity index (χ0) is 17.0. The van der Waals surface area contributed by atoms with Crippen LogP contribution in [0.25, 0.3) is 0 Å². The summed E-state index contributed by atoms with van der Waals surface area (Å²) in [5.41, 5.74) is 1.64. The largest absolute Gasteiger partial charge is 0.366 e.